The van der Waals surface area contributed by atoms with Crippen LogP contribution < -0.4 is 5.32 Å². The fourth-order valence-corrected chi connectivity index (χ4v) is 1.32. The van der Waals surface area contributed by atoms with E-state index in [4.69, 9.17) is 4.74 Å². The predicted molar refractivity (Wildman–Crippen MR) is 51.5 cm³/mol. The summed E-state index contributed by atoms with van der Waals surface area (Å²) in [6, 6.07) is 0.200. The van der Waals surface area contributed by atoms with Crippen molar-refractivity contribution in [1.82, 2.24) is 9.97 Å². The maximum Gasteiger partial charge on any atom is 0.305 e. The minimum Gasteiger partial charge on any atom is -0.379 e. The number of hydrogen-bond acceptors (Lipinski definition) is 6. The Morgan fingerprint density at radius 2 is 2.27 bits per heavy atom. The van der Waals surface area contributed by atoms with E-state index in [1.54, 1.807) is 0 Å². The van der Waals surface area contributed by atoms with E-state index in [0.29, 0.717) is 12.6 Å². The van der Waals surface area contributed by atoms with Crippen LogP contribution >= 0.6 is 0 Å². The minimum atomic E-state index is -0.525. The van der Waals surface area contributed by atoms with Crippen LogP contribution in [0.25, 0.3) is 0 Å². The Bertz CT molecular complexity index is 347. The highest BCUT2D eigenvalue weighted by molar-refractivity contribution is 5.31. The minimum absolute atomic E-state index is 0.108. The summed E-state index contributed by atoms with van der Waals surface area (Å²) < 4.78 is 5.16. The summed E-state index contributed by atoms with van der Waals surface area (Å²) in [4.78, 5) is 17.5. The lowest BCUT2D eigenvalue weighted by Gasteiger charge is -2.08. The van der Waals surface area contributed by atoms with Crippen LogP contribution in [0, 0.1) is 10.1 Å². The van der Waals surface area contributed by atoms with Crippen molar-refractivity contribution in [2.45, 2.75) is 12.5 Å². The Labute approximate surface area is 85.6 Å². The molecule has 1 saturated heterocycles. The first-order valence-corrected chi connectivity index (χ1v) is 4.56. The zero-order chi connectivity index (χ0) is 10.7. The molecule has 0 amide bonds. The van der Waals surface area contributed by atoms with Gasteiger partial charge in [-0.3, -0.25) is 10.1 Å². The van der Waals surface area contributed by atoms with E-state index in [1.165, 1.54) is 12.4 Å². The van der Waals surface area contributed by atoms with Gasteiger partial charge in [0.05, 0.1) is 17.6 Å². The second kappa shape index (κ2) is 4.18. The second-order valence-corrected chi connectivity index (χ2v) is 3.23. The summed E-state index contributed by atoms with van der Waals surface area (Å²) in [5.41, 5.74) is -0.108. The smallest absolute Gasteiger partial charge is 0.305 e. The van der Waals surface area contributed by atoms with Crippen LogP contribution in [0.1, 0.15) is 6.42 Å². The van der Waals surface area contributed by atoms with E-state index < -0.39 is 4.92 Å². The molecular formula is C8H10N4O3. The van der Waals surface area contributed by atoms with Crippen molar-refractivity contribution in [2.75, 3.05) is 18.5 Å². The van der Waals surface area contributed by atoms with Crippen molar-refractivity contribution in [3.63, 3.8) is 0 Å². The molecule has 2 rings (SSSR count). The molecule has 1 aromatic heterocycles. The number of nitro groups is 1. The number of aromatic nitrogens is 2. The van der Waals surface area contributed by atoms with Gasteiger partial charge in [-0.2, -0.15) is 0 Å². The highest BCUT2D eigenvalue weighted by atomic mass is 16.6. The van der Waals surface area contributed by atoms with Gasteiger partial charge in [-0.1, -0.05) is 0 Å². The molecule has 0 spiro atoms. The third kappa shape index (κ3) is 2.38. The largest absolute Gasteiger partial charge is 0.379 e. The Hall–Kier alpha value is -1.76. The molecule has 1 aromatic rings. The molecule has 0 aromatic carbocycles. The molecule has 1 aliphatic rings. The maximum absolute atomic E-state index is 10.3. The Kier molecular flexibility index (Phi) is 2.72. The van der Waals surface area contributed by atoms with Gasteiger partial charge in [0.1, 0.15) is 12.4 Å². The van der Waals surface area contributed by atoms with Gasteiger partial charge in [-0.25, -0.2) is 9.97 Å². The van der Waals surface area contributed by atoms with Gasteiger partial charge < -0.3 is 10.1 Å². The summed E-state index contributed by atoms with van der Waals surface area (Å²) in [6.45, 7) is 1.35. The summed E-state index contributed by atoms with van der Waals surface area (Å²) in [5, 5.41) is 13.4. The van der Waals surface area contributed by atoms with E-state index >= 15 is 0 Å². The van der Waals surface area contributed by atoms with Gasteiger partial charge in [-0.15, -0.1) is 0 Å². The topological polar surface area (TPSA) is 90.2 Å². The third-order valence-electron chi connectivity index (χ3n) is 2.11. The van der Waals surface area contributed by atoms with Gasteiger partial charge in [0.2, 0.25) is 5.95 Å². The Morgan fingerprint density at radius 3 is 2.80 bits per heavy atom. The number of ether oxygens (including phenoxy) is 1. The zero-order valence-electron chi connectivity index (χ0n) is 7.92. The molecule has 1 atom stereocenters. The molecule has 7 heteroatoms. The van der Waals surface area contributed by atoms with Crippen molar-refractivity contribution in [3.8, 4) is 0 Å². The monoisotopic (exact) mass is 210 g/mol. The van der Waals surface area contributed by atoms with Crippen molar-refractivity contribution in [3.05, 3.63) is 22.5 Å². The van der Waals surface area contributed by atoms with Crippen LogP contribution in [0.2, 0.25) is 0 Å². The summed E-state index contributed by atoms with van der Waals surface area (Å²) in [6.07, 6.45) is 3.27. The first-order chi connectivity index (χ1) is 7.25. The zero-order valence-corrected chi connectivity index (χ0v) is 7.92. The molecule has 0 bridgehead atoms. The Balaban J connectivity index is 2.00. The van der Waals surface area contributed by atoms with E-state index in [2.05, 4.69) is 15.3 Å². The number of rotatable bonds is 3. The van der Waals surface area contributed by atoms with Crippen LogP contribution in [0.3, 0.4) is 0 Å². The molecule has 0 aliphatic carbocycles. The number of nitrogens with one attached hydrogen (secondary N) is 1. The van der Waals surface area contributed by atoms with Crippen molar-refractivity contribution >= 4 is 11.6 Å². The van der Waals surface area contributed by atoms with Crippen LogP contribution in [0.15, 0.2) is 12.4 Å². The average molecular weight is 210 g/mol. The molecular weight excluding hydrogens is 200 g/mol. The van der Waals surface area contributed by atoms with Gasteiger partial charge in [0.15, 0.2) is 0 Å². The van der Waals surface area contributed by atoms with Crippen LogP contribution in [0.4, 0.5) is 11.6 Å². The molecule has 7 nitrogen and oxygen atoms in total. The van der Waals surface area contributed by atoms with E-state index in [0.717, 1.165) is 13.0 Å². The third-order valence-corrected chi connectivity index (χ3v) is 2.11. The molecule has 1 aliphatic heterocycles. The van der Waals surface area contributed by atoms with E-state index in [1.807, 2.05) is 0 Å². The lowest BCUT2D eigenvalue weighted by molar-refractivity contribution is -0.385. The Morgan fingerprint density at radius 1 is 1.53 bits per heavy atom. The summed E-state index contributed by atoms with van der Waals surface area (Å²) >= 11 is 0. The summed E-state index contributed by atoms with van der Waals surface area (Å²) in [5.74, 6) is 0.399. The number of nitrogens with zero attached hydrogens (tertiary/aromatic N) is 3. The number of anilines is 1. The van der Waals surface area contributed by atoms with Crippen LogP contribution in [0.5, 0.6) is 0 Å². The van der Waals surface area contributed by atoms with E-state index in [-0.39, 0.29) is 11.7 Å². The summed E-state index contributed by atoms with van der Waals surface area (Å²) in [7, 11) is 0. The quantitative estimate of drug-likeness (QED) is 0.579. The molecule has 0 radical (unpaired) electrons. The predicted octanol–water partition coefficient (Wildman–Crippen LogP) is 0.586. The molecule has 2 heterocycles. The highest BCUT2D eigenvalue weighted by Gasteiger charge is 2.16. The van der Waals surface area contributed by atoms with Gasteiger partial charge in [-0.05, 0) is 6.42 Å². The van der Waals surface area contributed by atoms with Gasteiger partial charge >= 0.3 is 5.69 Å². The lowest BCUT2D eigenvalue weighted by atomic mass is 10.3. The molecule has 15 heavy (non-hydrogen) atoms. The molecule has 1 N–H and O–H groups in total. The van der Waals surface area contributed by atoms with Crippen LogP contribution in [-0.4, -0.2) is 34.1 Å². The number of hydrogen-bond donors (Lipinski definition) is 1. The average Bonchev–Trinajstić information content (AvgIpc) is 2.71. The fourth-order valence-electron chi connectivity index (χ4n) is 1.32. The standard InChI is InChI=1S/C8H10N4O3/c13-12(14)7-3-9-8(10-4-7)11-6-1-2-15-5-6/h3-4,6H,1-2,5H2,(H,9,10,11). The fraction of sp³-hybridized carbons (Fsp3) is 0.500. The maximum atomic E-state index is 10.3. The van der Waals surface area contributed by atoms with Crippen molar-refractivity contribution in [1.29, 1.82) is 0 Å². The molecule has 1 unspecified atom stereocenters. The van der Waals surface area contributed by atoms with Crippen molar-refractivity contribution in [2.24, 2.45) is 0 Å². The first kappa shape index (κ1) is 9.78. The second-order valence-electron chi connectivity index (χ2n) is 3.23. The first-order valence-electron chi connectivity index (χ1n) is 4.56. The molecule has 80 valence electrons. The highest BCUT2D eigenvalue weighted by Crippen LogP contribution is 2.12. The van der Waals surface area contributed by atoms with E-state index in [9.17, 15) is 10.1 Å². The van der Waals surface area contributed by atoms with Crippen LogP contribution in [-0.2, 0) is 4.74 Å². The lowest BCUT2D eigenvalue weighted by Crippen LogP contribution is -2.20. The van der Waals surface area contributed by atoms with Gasteiger partial charge in [0, 0.05) is 6.61 Å². The normalized spacial score (nSPS) is 20.1. The molecule has 1 fully saturated rings. The van der Waals surface area contributed by atoms with Gasteiger partial charge in [0.25, 0.3) is 0 Å². The van der Waals surface area contributed by atoms with Crippen molar-refractivity contribution < 1.29 is 9.66 Å². The molecule has 0 saturated carbocycles. The SMILES string of the molecule is O=[N+]([O-])c1cnc(NC2CCOC2)nc1.